The highest BCUT2D eigenvalue weighted by molar-refractivity contribution is 6.10. The Bertz CT molecular complexity index is 1160. The Kier molecular flexibility index (Phi) is 7.23. The van der Waals surface area contributed by atoms with E-state index in [1.54, 1.807) is 30.3 Å². The fourth-order valence-electron chi connectivity index (χ4n) is 3.97. The van der Waals surface area contributed by atoms with Crippen molar-refractivity contribution >= 4 is 28.9 Å². The van der Waals surface area contributed by atoms with Gasteiger partial charge in [-0.2, -0.15) is 0 Å². The zero-order valence-electron chi connectivity index (χ0n) is 19.5. The molecule has 0 bridgehead atoms. The summed E-state index contributed by atoms with van der Waals surface area (Å²) < 4.78 is 14.6. The quantitative estimate of drug-likeness (QED) is 0.575. The zero-order chi connectivity index (χ0) is 24.1. The molecular formula is C27H29FN4O2. The molecule has 1 aliphatic rings. The second-order valence-electron chi connectivity index (χ2n) is 8.63. The van der Waals surface area contributed by atoms with E-state index < -0.39 is 11.7 Å². The molecule has 176 valence electrons. The van der Waals surface area contributed by atoms with Gasteiger partial charge in [0.25, 0.3) is 11.8 Å². The van der Waals surface area contributed by atoms with E-state index in [-0.39, 0.29) is 17.3 Å². The minimum absolute atomic E-state index is 0.0624. The van der Waals surface area contributed by atoms with Crippen LogP contribution in [0, 0.1) is 12.7 Å². The molecule has 6 nitrogen and oxygen atoms in total. The molecule has 3 aromatic carbocycles. The van der Waals surface area contributed by atoms with Crippen molar-refractivity contribution in [1.29, 1.82) is 0 Å². The van der Waals surface area contributed by atoms with Gasteiger partial charge in [-0.3, -0.25) is 9.59 Å². The molecular weight excluding hydrogens is 431 g/mol. The number of anilines is 3. The number of aryl methyl sites for hydroxylation is 1. The summed E-state index contributed by atoms with van der Waals surface area (Å²) in [4.78, 5) is 30.1. The fraction of sp³-hybridized carbons (Fsp3) is 0.259. The molecule has 1 fully saturated rings. The number of benzene rings is 3. The van der Waals surface area contributed by atoms with Crippen LogP contribution < -0.4 is 15.5 Å². The number of amides is 2. The van der Waals surface area contributed by atoms with Gasteiger partial charge in [0.15, 0.2) is 0 Å². The summed E-state index contributed by atoms with van der Waals surface area (Å²) in [6, 6.07) is 18.7. The first-order chi connectivity index (χ1) is 16.4. The molecule has 0 aliphatic carbocycles. The van der Waals surface area contributed by atoms with Gasteiger partial charge in [-0.25, -0.2) is 4.39 Å². The molecule has 2 amide bonds. The Hall–Kier alpha value is -3.71. The normalized spacial score (nSPS) is 14.4. The average molecular weight is 461 g/mol. The predicted octanol–water partition coefficient (Wildman–Crippen LogP) is 4.78. The third-order valence-corrected chi connectivity index (χ3v) is 6.03. The number of rotatable bonds is 5. The van der Waals surface area contributed by atoms with Gasteiger partial charge < -0.3 is 20.4 Å². The first-order valence-electron chi connectivity index (χ1n) is 11.4. The van der Waals surface area contributed by atoms with Crippen LogP contribution in [0.15, 0.2) is 66.7 Å². The number of halogens is 1. The molecule has 0 radical (unpaired) electrons. The Balaban J connectivity index is 1.47. The van der Waals surface area contributed by atoms with Crippen LogP contribution in [-0.2, 0) is 0 Å². The van der Waals surface area contributed by atoms with Crippen LogP contribution in [0.4, 0.5) is 21.5 Å². The molecule has 3 aromatic rings. The summed E-state index contributed by atoms with van der Waals surface area (Å²) in [5.74, 6) is -1.45. The molecule has 0 aromatic heterocycles. The summed E-state index contributed by atoms with van der Waals surface area (Å²) >= 11 is 0. The maximum atomic E-state index is 14.6. The van der Waals surface area contributed by atoms with E-state index in [1.807, 2.05) is 31.2 Å². The summed E-state index contributed by atoms with van der Waals surface area (Å²) in [5.41, 5.74) is 3.09. The zero-order valence-corrected chi connectivity index (χ0v) is 19.5. The number of para-hydroxylation sites is 1. The third-order valence-electron chi connectivity index (χ3n) is 6.03. The summed E-state index contributed by atoms with van der Waals surface area (Å²) in [5, 5.41) is 5.33. The highest BCUT2D eigenvalue weighted by Crippen LogP contribution is 2.27. The summed E-state index contributed by atoms with van der Waals surface area (Å²) in [6.45, 7) is 5.90. The summed E-state index contributed by atoms with van der Waals surface area (Å²) in [7, 11) is 2.12. The van der Waals surface area contributed by atoms with Crippen LogP contribution in [0.25, 0.3) is 0 Å². The second kappa shape index (κ2) is 10.5. The van der Waals surface area contributed by atoms with Crippen LogP contribution in [0.1, 0.15) is 32.7 Å². The monoisotopic (exact) mass is 460 g/mol. The number of nitrogens with zero attached hydrogens (tertiary/aromatic N) is 2. The SMILES string of the molecule is Cc1ccc(C(=O)Nc2cccc(F)c2NC(=O)c2ccc(N3CCCN(C)CC3)cc2)cc1. The van der Waals surface area contributed by atoms with Gasteiger partial charge in [-0.1, -0.05) is 23.8 Å². The second-order valence-corrected chi connectivity index (χ2v) is 8.63. The van der Waals surface area contributed by atoms with Crippen LogP contribution in [-0.4, -0.2) is 49.9 Å². The Morgan fingerprint density at radius 3 is 2.15 bits per heavy atom. The minimum Gasteiger partial charge on any atom is -0.370 e. The van der Waals surface area contributed by atoms with Gasteiger partial charge in [0.05, 0.1) is 5.69 Å². The fourth-order valence-corrected chi connectivity index (χ4v) is 3.97. The van der Waals surface area contributed by atoms with Gasteiger partial charge in [0.2, 0.25) is 0 Å². The summed E-state index contributed by atoms with van der Waals surface area (Å²) in [6.07, 6.45) is 1.09. The van der Waals surface area contributed by atoms with Crippen LogP contribution in [0.5, 0.6) is 0 Å². The van der Waals surface area contributed by atoms with Crippen LogP contribution >= 0.6 is 0 Å². The maximum absolute atomic E-state index is 14.6. The van der Waals surface area contributed by atoms with E-state index in [4.69, 9.17) is 0 Å². The highest BCUT2D eigenvalue weighted by atomic mass is 19.1. The number of nitrogens with one attached hydrogen (secondary N) is 2. The number of likely N-dealkylation sites (N-methyl/N-ethyl adjacent to an activating group) is 1. The van der Waals surface area contributed by atoms with Crippen LogP contribution in [0.3, 0.4) is 0 Å². The smallest absolute Gasteiger partial charge is 0.255 e. The van der Waals surface area contributed by atoms with Gasteiger partial charge >= 0.3 is 0 Å². The molecule has 0 spiro atoms. The van der Waals surface area contributed by atoms with Crippen molar-refractivity contribution < 1.29 is 14.0 Å². The Morgan fingerprint density at radius 1 is 0.794 bits per heavy atom. The van der Waals surface area contributed by atoms with Crippen molar-refractivity contribution in [3.05, 3.63) is 89.2 Å². The lowest BCUT2D eigenvalue weighted by Gasteiger charge is -2.23. The molecule has 7 heteroatoms. The third kappa shape index (κ3) is 5.61. The van der Waals surface area contributed by atoms with E-state index >= 15 is 0 Å². The van der Waals surface area contributed by atoms with E-state index in [0.29, 0.717) is 11.1 Å². The first-order valence-corrected chi connectivity index (χ1v) is 11.4. The van der Waals surface area contributed by atoms with Crippen molar-refractivity contribution in [2.75, 3.05) is 48.8 Å². The van der Waals surface area contributed by atoms with Gasteiger partial charge in [0.1, 0.15) is 11.5 Å². The number of hydrogen-bond acceptors (Lipinski definition) is 4. The van der Waals surface area contributed by atoms with E-state index in [2.05, 4.69) is 27.5 Å². The van der Waals surface area contributed by atoms with Crippen molar-refractivity contribution in [2.45, 2.75) is 13.3 Å². The van der Waals surface area contributed by atoms with E-state index in [0.717, 1.165) is 43.9 Å². The molecule has 1 saturated heterocycles. The van der Waals surface area contributed by atoms with Crippen molar-refractivity contribution in [3.63, 3.8) is 0 Å². The largest absolute Gasteiger partial charge is 0.370 e. The van der Waals surface area contributed by atoms with Crippen molar-refractivity contribution in [2.24, 2.45) is 0 Å². The number of hydrogen-bond donors (Lipinski definition) is 2. The molecule has 0 saturated carbocycles. The molecule has 1 heterocycles. The lowest BCUT2D eigenvalue weighted by Crippen LogP contribution is -2.28. The maximum Gasteiger partial charge on any atom is 0.255 e. The van der Waals surface area contributed by atoms with E-state index in [1.165, 1.54) is 12.1 Å². The number of carbonyl (C=O) groups excluding carboxylic acids is 2. The van der Waals surface area contributed by atoms with Gasteiger partial charge in [-0.05, 0) is 75.5 Å². The number of carbonyl (C=O) groups is 2. The topological polar surface area (TPSA) is 64.7 Å². The highest BCUT2D eigenvalue weighted by Gasteiger charge is 2.17. The standard InChI is InChI=1S/C27H29FN4O2/c1-19-7-9-20(10-8-19)26(33)29-24-6-3-5-23(28)25(24)30-27(34)21-11-13-22(14-12-21)32-16-4-15-31(2)17-18-32/h3,5-14H,4,15-18H2,1-2H3,(H,29,33)(H,30,34). The first kappa shape index (κ1) is 23.4. The Morgan fingerprint density at radius 2 is 1.44 bits per heavy atom. The molecule has 2 N–H and O–H groups in total. The van der Waals surface area contributed by atoms with Crippen molar-refractivity contribution in [3.8, 4) is 0 Å². The van der Waals surface area contributed by atoms with Crippen LogP contribution in [0.2, 0.25) is 0 Å². The van der Waals surface area contributed by atoms with Crippen molar-refractivity contribution in [1.82, 2.24) is 4.90 Å². The minimum atomic E-state index is -0.625. The lowest BCUT2D eigenvalue weighted by molar-refractivity contribution is 0.101. The molecule has 0 atom stereocenters. The molecule has 1 aliphatic heterocycles. The Labute approximate surface area is 199 Å². The molecule has 34 heavy (non-hydrogen) atoms. The van der Waals surface area contributed by atoms with Gasteiger partial charge in [-0.15, -0.1) is 0 Å². The molecule has 4 rings (SSSR count). The van der Waals surface area contributed by atoms with E-state index in [9.17, 15) is 14.0 Å². The van der Waals surface area contributed by atoms with Gasteiger partial charge in [0, 0.05) is 36.4 Å². The predicted molar refractivity (Wildman–Crippen MR) is 134 cm³/mol. The molecule has 0 unspecified atom stereocenters. The average Bonchev–Trinajstić information content (AvgIpc) is 3.06. The lowest BCUT2D eigenvalue weighted by atomic mass is 10.1.